The molecule has 1 amide bonds. The maximum Gasteiger partial charge on any atom is 0.412 e. The van der Waals surface area contributed by atoms with Crippen LogP contribution < -0.4 is 0 Å². The van der Waals surface area contributed by atoms with Gasteiger partial charge in [-0.05, 0) is 52.5 Å². The lowest BCUT2D eigenvalue weighted by atomic mass is 9.98. The number of carbonyl (C=O) groups excluding carboxylic acids is 1. The van der Waals surface area contributed by atoms with Crippen molar-refractivity contribution in [2.75, 3.05) is 6.54 Å². The lowest BCUT2D eigenvalue weighted by molar-refractivity contribution is -0.0771. The Hall–Kier alpha value is -1.46. The number of carbonyl (C=O) groups is 1. The molecule has 0 bridgehead atoms. The Morgan fingerprint density at radius 2 is 2.05 bits per heavy atom. The zero-order valence-electron chi connectivity index (χ0n) is 14.7. The fraction of sp³-hybridized carbons (Fsp3) is 0.933. The van der Waals surface area contributed by atoms with Crippen molar-refractivity contribution in [2.24, 2.45) is 11.0 Å². The van der Waals surface area contributed by atoms with Gasteiger partial charge in [0.1, 0.15) is 11.3 Å². The van der Waals surface area contributed by atoms with E-state index < -0.39 is 17.4 Å². The molecule has 0 spiro atoms. The van der Waals surface area contributed by atoms with Crippen molar-refractivity contribution in [1.29, 1.82) is 0 Å². The van der Waals surface area contributed by atoms with Gasteiger partial charge < -0.3 is 9.47 Å². The Morgan fingerprint density at radius 1 is 1.45 bits per heavy atom. The van der Waals surface area contributed by atoms with E-state index in [2.05, 4.69) is 23.9 Å². The number of hydrogen-bond donors (Lipinski definition) is 0. The molecule has 1 aliphatic rings. The molecule has 0 aromatic rings. The molecule has 0 radical (unpaired) electrons. The van der Waals surface area contributed by atoms with Crippen LogP contribution in [0.1, 0.15) is 54.9 Å². The largest absolute Gasteiger partial charge is 0.444 e. The lowest BCUT2D eigenvalue weighted by Gasteiger charge is -2.35. The molecular formula is C15H28N4O3. The standard InChI is InChI=1S/C15H28N4O3/c1-10(2)8-11-12(9-17-18-16)21-15(6,7)19(11)13(20)22-14(3,4)5/h10-12H,8-9H2,1-7H3/t11-,12-/m0/s1. The summed E-state index contributed by atoms with van der Waals surface area (Å²) in [6, 6.07) is -0.171. The second kappa shape index (κ2) is 6.75. The Morgan fingerprint density at radius 3 is 2.50 bits per heavy atom. The van der Waals surface area contributed by atoms with Crippen LogP contribution in [0.2, 0.25) is 0 Å². The van der Waals surface area contributed by atoms with Gasteiger partial charge in [0.05, 0.1) is 18.7 Å². The molecule has 22 heavy (non-hydrogen) atoms. The highest BCUT2D eigenvalue weighted by Gasteiger charge is 2.50. The molecule has 1 rings (SSSR count). The quantitative estimate of drug-likeness (QED) is 0.445. The SMILES string of the molecule is CC(C)C[C@H]1[C@H](CN=[N+]=[N-])OC(C)(C)N1C(=O)OC(C)(C)C. The molecular weight excluding hydrogens is 284 g/mol. The van der Waals surface area contributed by atoms with Gasteiger partial charge in [-0.15, -0.1) is 0 Å². The minimum Gasteiger partial charge on any atom is -0.444 e. The number of rotatable bonds is 4. The summed E-state index contributed by atoms with van der Waals surface area (Å²) >= 11 is 0. The Balaban J connectivity index is 3.06. The first-order valence-corrected chi connectivity index (χ1v) is 7.69. The summed E-state index contributed by atoms with van der Waals surface area (Å²) in [6.07, 6.45) is 0.0429. The smallest absolute Gasteiger partial charge is 0.412 e. The van der Waals surface area contributed by atoms with E-state index in [4.69, 9.17) is 15.0 Å². The van der Waals surface area contributed by atoms with Gasteiger partial charge in [-0.2, -0.15) is 0 Å². The molecule has 0 aromatic heterocycles. The van der Waals surface area contributed by atoms with Crippen LogP contribution in [-0.4, -0.2) is 41.0 Å². The van der Waals surface area contributed by atoms with Crippen LogP contribution >= 0.6 is 0 Å². The van der Waals surface area contributed by atoms with Gasteiger partial charge in [-0.3, -0.25) is 4.90 Å². The molecule has 7 heteroatoms. The zero-order valence-corrected chi connectivity index (χ0v) is 14.7. The van der Waals surface area contributed by atoms with Crippen molar-refractivity contribution in [3.8, 4) is 0 Å². The maximum absolute atomic E-state index is 12.6. The van der Waals surface area contributed by atoms with E-state index in [9.17, 15) is 4.79 Å². The molecule has 0 saturated carbocycles. The van der Waals surface area contributed by atoms with Gasteiger partial charge in [0.2, 0.25) is 0 Å². The van der Waals surface area contributed by atoms with Gasteiger partial charge in [0.25, 0.3) is 0 Å². The summed E-state index contributed by atoms with van der Waals surface area (Å²) < 4.78 is 11.5. The van der Waals surface area contributed by atoms with E-state index in [1.807, 2.05) is 34.6 Å². The normalized spacial score (nSPS) is 24.3. The predicted octanol–water partition coefficient (Wildman–Crippen LogP) is 4.08. The first-order valence-electron chi connectivity index (χ1n) is 7.69. The zero-order chi connectivity index (χ0) is 17.1. The van der Waals surface area contributed by atoms with Crippen molar-refractivity contribution in [1.82, 2.24) is 4.90 Å². The summed E-state index contributed by atoms with van der Waals surface area (Å²) in [6.45, 7) is 13.6. The van der Waals surface area contributed by atoms with Gasteiger partial charge in [0.15, 0.2) is 0 Å². The molecule has 0 aromatic carbocycles. The first-order chi connectivity index (χ1) is 9.98. The highest BCUT2D eigenvalue weighted by atomic mass is 16.6. The van der Waals surface area contributed by atoms with Crippen molar-refractivity contribution in [3.05, 3.63) is 10.4 Å². The summed E-state index contributed by atoms with van der Waals surface area (Å²) in [4.78, 5) is 17.1. The summed E-state index contributed by atoms with van der Waals surface area (Å²) in [5, 5.41) is 3.62. The second-order valence-corrected chi connectivity index (χ2v) is 7.56. The van der Waals surface area contributed by atoms with E-state index in [1.54, 1.807) is 4.90 Å². The average molecular weight is 312 g/mol. The molecule has 0 aliphatic carbocycles. The fourth-order valence-electron chi connectivity index (χ4n) is 2.75. The molecule has 1 fully saturated rings. The van der Waals surface area contributed by atoms with Crippen LogP contribution in [0, 0.1) is 5.92 Å². The van der Waals surface area contributed by atoms with Crippen molar-refractivity contribution < 1.29 is 14.3 Å². The van der Waals surface area contributed by atoms with Gasteiger partial charge in [0, 0.05) is 4.91 Å². The molecule has 1 aliphatic heterocycles. The average Bonchev–Trinajstić information content (AvgIpc) is 2.54. The third kappa shape index (κ3) is 4.78. The Bertz CT molecular complexity index is 450. The predicted molar refractivity (Wildman–Crippen MR) is 84.3 cm³/mol. The minimum absolute atomic E-state index is 0.171. The van der Waals surface area contributed by atoms with E-state index in [1.165, 1.54) is 0 Å². The van der Waals surface area contributed by atoms with E-state index in [0.717, 1.165) is 6.42 Å². The summed E-state index contributed by atoms with van der Waals surface area (Å²) in [5.74, 6) is 0.376. The molecule has 1 saturated heterocycles. The lowest BCUT2D eigenvalue weighted by Crippen LogP contribution is -2.50. The highest BCUT2D eigenvalue weighted by molar-refractivity contribution is 5.70. The number of hydrogen-bond acceptors (Lipinski definition) is 4. The molecule has 126 valence electrons. The number of azide groups is 1. The Kier molecular flexibility index (Phi) is 5.70. The first kappa shape index (κ1) is 18.6. The second-order valence-electron chi connectivity index (χ2n) is 7.56. The van der Waals surface area contributed by atoms with Crippen LogP contribution in [0.15, 0.2) is 5.11 Å². The topological polar surface area (TPSA) is 87.5 Å². The molecule has 1 heterocycles. The van der Waals surface area contributed by atoms with Crippen LogP contribution in [0.25, 0.3) is 10.4 Å². The van der Waals surface area contributed by atoms with Crippen molar-refractivity contribution >= 4 is 6.09 Å². The van der Waals surface area contributed by atoms with Gasteiger partial charge in [-0.1, -0.05) is 19.0 Å². The third-order valence-electron chi connectivity index (χ3n) is 3.41. The summed E-state index contributed by atoms with van der Waals surface area (Å²) in [5.41, 5.74) is 7.19. The van der Waals surface area contributed by atoms with Gasteiger partial charge in [-0.25, -0.2) is 4.79 Å². The van der Waals surface area contributed by atoms with Crippen LogP contribution in [-0.2, 0) is 9.47 Å². The van der Waals surface area contributed by atoms with Crippen LogP contribution in [0.5, 0.6) is 0 Å². The summed E-state index contributed by atoms with van der Waals surface area (Å²) in [7, 11) is 0. The molecule has 0 unspecified atom stereocenters. The highest BCUT2D eigenvalue weighted by Crippen LogP contribution is 2.36. The number of ether oxygens (including phenoxy) is 2. The van der Waals surface area contributed by atoms with E-state index in [0.29, 0.717) is 5.92 Å². The molecule has 2 atom stereocenters. The maximum atomic E-state index is 12.6. The van der Waals surface area contributed by atoms with Crippen molar-refractivity contribution in [2.45, 2.75) is 78.4 Å². The third-order valence-corrected chi connectivity index (χ3v) is 3.41. The fourth-order valence-corrected chi connectivity index (χ4v) is 2.75. The Labute approximate surface area is 132 Å². The van der Waals surface area contributed by atoms with Crippen LogP contribution in [0.3, 0.4) is 0 Å². The van der Waals surface area contributed by atoms with E-state index in [-0.39, 0.29) is 18.7 Å². The molecule has 7 nitrogen and oxygen atoms in total. The number of amides is 1. The van der Waals surface area contributed by atoms with Crippen LogP contribution in [0.4, 0.5) is 4.79 Å². The van der Waals surface area contributed by atoms with Gasteiger partial charge >= 0.3 is 6.09 Å². The minimum atomic E-state index is -0.794. The van der Waals surface area contributed by atoms with Crippen molar-refractivity contribution in [3.63, 3.8) is 0 Å². The monoisotopic (exact) mass is 312 g/mol. The molecule has 0 N–H and O–H groups in total. The number of nitrogens with zero attached hydrogens (tertiary/aromatic N) is 4. The van der Waals surface area contributed by atoms with E-state index >= 15 is 0 Å².